The molecule has 0 aromatic heterocycles. The Balaban J connectivity index is 2.22. The van der Waals surface area contributed by atoms with Crippen molar-refractivity contribution in [2.45, 2.75) is 44.6 Å². The van der Waals surface area contributed by atoms with Gasteiger partial charge in [0.1, 0.15) is 5.54 Å². The van der Waals surface area contributed by atoms with Gasteiger partial charge in [0, 0.05) is 10.0 Å². The van der Waals surface area contributed by atoms with Crippen molar-refractivity contribution in [1.82, 2.24) is 5.32 Å². The van der Waals surface area contributed by atoms with Crippen molar-refractivity contribution in [3.8, 4) is 0 Å². The van der Waals surface area contributed by atoms with Crippen LogP contribution < -0.4 is 5.32 Å². The van der Waals surface area contributed by atoms with Crippen LogP contribution >= 0.6 is 15.9 Å². The number of carboxylic acids is 1. The highest BCUT2D eigenvalue weighted by Crippen LogP contribution is 2.29. The van der Waals surface area contributed by atoms with Crippen molar-refractivity contribution in [2.24, 2.45) is 0 Å². The van der Waals surface area contributed by atoms with E-state index in [4.69, 9.17) is 0 Å². The number of aliphatic carboxylic acids is 1. The van der Waals surface area contributed by atoms with E-state index in [2.05, 4.69) is 21.2 Å². The molecule has 20 heavy (non-hydrogen) atoms. The molecule has 0 atom stereocenters. The van der Waals surface area contributed by atoms with Crippen LogP contribution in [0.3, 0.4) is 0 Å². The minimum atomic E-state index is -1.10. The molecule has 1 aromatic carbocycles. The van der Waals surface area contributed by atoms with Crippen molar-refractivity contribution < 1.29 is 14.7 Å². The van der Waals surface area contributed by atoms with Crippen molar-refractivity contribution >= 4 is 27.8 Å². The molecule has 0 aliphatic heterocycles. The smallest absolute Gasteiger partial charge is 0.329 e. The molecule has 1 aliphatic rings. The highest BCUT2D eigenvalue weighted by molar-refractivity contribution is 9.10. The summed E-state index contributed by atoms with van der Waals surface area (Å²) >= 11 is 3.35. The highest BCUT2D eigenvalue weighted by atomic mass is 79.9. The Kier molecular flexibility index (Phi) is 4.48. The zero-order valence-corrected chi connectivity index (χ0v) is 13.0. The molecule has 1 fully saturated rings. The van der Waals surface area contributed by atoms with Gasteiger partial charge >= 0.3 is 5.97 Å². The average Bonchev–Trinajstić information content (AvgIpc) is 2.39. The van der Waals surface area contributed by atoms with Crippen molar-refractivity contribution in [1.29, 1.82) is 0 Å². The van der Waals surface area contributed by atoms with Gasteiger partial charge in [-0.25, -0.2) is 4.79 Å². The lowest BCUT2D eigenvalue weighted by Crippen LogP contribution is -2.55. The van der Waals surface area contributed by atoms with Crippen molar-refractivity contribution in [2.75, 3.05) is 0 Å². The first-order valence-electron chi connectivity index (χ1n) is 6.77. The zero-order chi connectivity index (χ0) is 14.8. The number of carbonyl (C=O) groups is 2. The molecule has 2 rings (SSSR count). The van der Waals surface area contributed by atoms with Gasteiger partial charge in [-0.1, -0.05) is 35.2 Å². The largest absolute Gasteiger partial charge is 0.480 e. The van der Waals surface area contributed by atoms with Crippen LogP contribution in [0.4, 0.5) is 0 Å². The molecule has 5 heteroatoms. The van der Waals surface area contributed by atoms with E-state index in [9.17, 15) is 14.7 Å². The summed E-state index contributed by atoms with van der Waals surface area (Å²) in [5, 5.41) is 12.2. The fourth-order valence-corrected chi connectivity index (χ4v) is 3.19. The molecule has 0 bridgehead atoms. The molecule has 0 radical (unpaired) electrons. The third-order valence-corrected chi connectivity index (χ3v) is 4.40. The Morgan fingerprint density at radius 3 is 2.45 bits per heavy atom. The maximum Gasteiger partial charge on any atom is 0.329 e. The summed E-state index contributed by atoms with van der Waals surface area (Å²) in [4.78, 5) is 23.9. The Bertz CT molecular complexity index is 536. The van der Waals surface area contributed by atoms with Gasteiger partial charge in [-0.05, 0) is 43.5 Å². The lowest BCUT2D eigenvalue weighted by molar-refractivity contribution is -0.145. The number of rotatable bonds is 3. The number of carbonyl (C=O) groups excluding carboxylic acids is 1. The predicted octanol–water partition coefficient (Wildman–Crippen LogP) is 3.27. The quantitative estimate of drug-likeness (QED) is 0.887. The highest BCUT2D eigenvalue weighted by Gasteiger charge is 2.41. The fourth-order valence-electron chi connectivity index (χ4n) is 2.71. The van der Waals surface area contributed by atoms with Gasteiger partial charge in [0.2, 0.25) is 0 Å². The molecule has 1 aliphatic carbocycles. The number of hydrogen-bond acceptors (Lipinski definition) is 2. The van der Waals surface area contributed by atoms with Gasteiger partial charge in [0.15, 0.2) is 0 Å². The first-order valence-corrected chi connectivity index (χ1v) is 7.56. The van der Waals surface area contributed by atoms with E-state index in [1.807, 2.05) is 13.0 Å². The molecular formula is C15H18BrNO3. The maximum absolute atomic E-state index is 12.4. The van der Waals surface area contributed by atoms with E-state index in [-0.39, 0.29) is 5.91 Å². The second-order valence-corrected chi connectivity index (χ2v) is 6.28. The molecule has 0 spiro atoms. The number of carboxylic acid groups (broad SMARTS) is 1. The Labute approximate surface area is 126 Å². The summed E-state index contributed by atoms with van der Waals surface area (Å²) in [6.07, 6.45) is 3.72. The SMILES string of the molecule is Cc1cc(Br)ccc1C(=O)NC1(C(=O)O)CCCCC1. The van der Waals surface area contributed by atoms with E-state index in [0.717, 1.165) is 29.3 Å². The van der Waals surface area contributed by atoms with Gasteiger partial charge < -0.3 is 10.4 Å². The molecule has 0 heterocycles. The summed E-state index contributed by atoms with van der Waals surface area (Å²) in [7, 11) is 0. The van der Waals surface area contributed by atoms with Crippen LogP contribution in [0, 0.1) is 6.92 Å². The van der Waals surface area contributed by atoms with E-state index < -0.39 is 11.5 Å². The minimum Gasteiger partial charge on any atom is -0.480 e. The second kappa shape index (κ2) is 5.95. The standard InChI is InChI=1S/C15H18BrNO3/c1-10-9-11(16)5-6-12(10)13(18)17-15(14(19)20)7-3-2-4-8-15/h5-6,9H,2-4,7-8H2,1H3,(H,17,18)(H,19,20). The second-order valence-electron chi connectivity index (χ2n) is 5.36. The van der Waals surface area contributed by atoms with E-state index in [0.29, 0.717) is 18.4 Å². The molecule has 2 N–H and O–H groups in total. The van der Waals surface area contributed by atoms with E-state index >= 15 is 0 Å². The van der Waals surface area contributed by atoms with Crippen molar-refractivity contribution in [3.05, 3.63) is 33.8 Å². The average molecular weight is 340 g/mol. The Morgan fingerprint density at radius 2 is 1.90 bits per heavy atom. The van der Waals surface area contributed by atoms with E-state index in [1.54, 1.807) is 12.1 Å². The summed E-state index contributed by atoms with van der Waals surface area (Å²) in [6, 6.07) is 5.35. The number of halogens is 1. The molecule has 1 amide bonds. The molecule has 108 valence electrons. The molecule has 1 aromatic rings. The monoisotopic (exact) mass is 339 g/mol. The third-order valence-electron chi connectivity index (χ3n) is 3.90. The summed E-state index contributed by atoms with van der Waals surface area (Å²) in [5.74, 6) is -1.24. The topological polar surface area (TPSA) is 66.4 Å². The summed E-state index contributed by atoms with van der Waals surface area (Å²) in [5.41, 5.74) is 0.252. The number of amides is 1. The first kappa shape index (κ1) is 15.0. The van der Waals surface area contributed by atoms with Crippen LogP contribution in [0.15, 0.2) is 22.7 Å². The molecular weight excluding hydrogens is 322 g/mol. The minimum absolute atomic E-state index is 0.306. The van der Waals surface area contributed by atoms with Crippen LogP contribution in [0.5, 0.6) is 0 Å². The number of nitrogens with one attached hydrogen (secondary N) is 1. The van der Waals surface area contributed by atoms with Gasteiger partial charge in [-0.15, -0.1) is 0 Å². The third kappa shape index (κ3) is 3.03. The predicted molar refractivity (Wildman–Crippen MR) is 79.8 cm³/mol. The number of benzene rings is 1. The normalized spacial score (nSPS) is 17.5. The van der Waals surface area contributed by atoms with Gasteiger partial charge in [0.25, 0.3) is 5.91 Å². The van der Waals surface area contributed by atoms with Crippen LogP contribution in [-0.2, 0) is 4.79 Å². The lowest BCUT2D eigenvalue weighted by Gasteiger charge is -2.34. The molecule has 0 saturated heterocycles. The number of hydrogen-bond donors (Lipinski definition) is 2. The number of aryl methyl sites for hydroxylation is 1. The van der Waals surface area contributed by atoms with Crippen LogP contribution in [-0.4, -0.2) is 22.5 Å². The lowest BCUT2D eigenvalue weighted by atomic mass is 9.81. The molecule has 1 saturated carbocycles. The van der Waals surface area contributed by atoms with Gasteiger partial charge in [-0.3, -0.25) is 4.79 Å². The summed E-state index contributed by atoms with van der Waals surface area (Å²) in [6.45, 7) is 1.84. The zero-order valence-electron chi connectivity index (χ0n) is 11.4. The van der Waals surface area contributed by atoms with Crippen LogP contribution in [0.1, 0.15) is 48.0 Å². The van der Waals surface area contributed by atoms with Gasteiger partial charge in [0.05, 0.1) is 0 Å². The molecule has 4 nitrogen and oxygen atoms in total. The van der Waals surface area contributed by atoms with Crippen LogP contribution in [0.2, 0.25) is 0 Å². The fraction of sp³-hybridized carbons (Fsp3) is 0.467. The Hall–Kier alpha value is -1.36. The molecule has 0 unspecified atom stereocenters. The van der Waals surface area contributed by atoms with Crippen molar-refractivity contribution in [3.63, 3.8) is 0 Å². The maximum atomic E-state index is 12.4. The first-order chi connectivity index (χ1) is 9.44. The summed E-state index contributed by atoms with van der Waals surface area (Å²) < 4.78 is 0.900. The van der Waals surface area contributed by atoms with Crippen LogP contribution in [0.25, 0.3) is 0 Å². The van der Waals surface area contributed by atoms with E-state index in [1.165, 1.54) is 0 Å². The van der Waals surface area contributed by atoms with Gasteiger partial charge in [-0.2, -0.15) is 0 Å². The Morgan fingerprint density at radius 1 is 1.25 bits per heavy atom.